The molecular weight excluding hydrogens is 318 g/mol. The molecule has 3 rings (SSSR count). The zero-order chi connectivity index (χ0) is 16.6. The van der Waals surface area contributed by atoms with Crippen LogP contribution in [0.15, 0.2) is 47.3 Å². The zero-order valence-corrected chi connectivity index (χ0v) is 12.8. The van der Waals surface area contributed by atoms with Crippen molar-refractivity contribution in [1.82, 2.24) is 4.98 Å². The molecule has 0 aliphatic rings. The van der Waals surface area contributed by atoms with Gasteiger partial charge in [0.15, 0.2) is 0 Å². The van der Waals surface area contributed by atoms with E-state index in [1.54, 1.807) is 42.5 Å². The first kappa shape index (κ1) is 15.1. The normalized spacial score (nSPS) is 10.7. The number of H-pyrrole nitrogens is 1. The molecule has 0 radical (unpaired) electrons. The average Bonchev–Trinajstić information content (AvgIpc) is 2.54. The van der Waals surface area contributed by atoms with Crippen molar-refractivity contribution in [2.24, 2.45) is 0 Å². The van der Waals surface area contributed by atoms with E-state index < -0.39 is 11.4 Å². The topological polar surface area (TPSA) is 79.4 Å². The summed E-state index contributed by atoms with van der Waals surface area (Å²) in [5.74, 6) is -0.860. The standard InChI is InChI=1S/C17H12ClNO4/c1-23-12-8-3-2-5-9(12)15-14(17(21)22)16(20)13-10(18)6-4-7-11(13)19-15/h2-8H,1H3,(H,19,20)(H,21,22). The van der Waals surface area contributed by atoms with Crippen molar-refractivity contribution in [1.29, 1.82) is 0 Å². The fraction of sp³-hybridized carbons (Fsp3) is 0.0588. The second-order valence-corrected chi connectivity index (χ2v) is 5.28. The molecule has 1 heterocycles. The van der Waals surface area contributed by atoms with Crippen LogP contribution in [0.25, 0.3) is 22.2 Å². The molecule has 5 nitrogen and oxygen atoms in total. The number of carboxylic acid groups (broad SMARTS) is 1. The summed E-state index contributed by atoms with van der Waals surface area (Å²) in [6, 6.07) is 11.8. The van der Waals surface area contributed by atoms with Crippen LogP contribution in [0, 0.1) is 0 Å². The maximum absolute atomic E-state index is 12.7. The van der Waals surface area contributed by atoms with Crippen LogP contribution in [0.1, 0.15) is 10.4 Å². The summed E-state index contributed by atoms with van der Waals surface area (Å²) in [7, 11) is 1.48. The van der Waals surface area contributed by atoms with Gasteiger partial charge in [-0.3, -0.25) is 4.79 Å². The van der Waals surface area contributed by atoms with E-state index in [0.29, 0.717) is 16.8 Å². The summed E-state index contributed by atoms with van der Waals surface area (Å²) in [4.78, 5) is 27.3. The first-order valence-corrected chi connectivity index (χ1v) is 7.13. The minimum absolute atomic E-state index is 0.158. The van der Waals surface area contributed by atoms with Gasteiger partial charge in [-0.25, -0.2) is 4.79 Å². The Hall–Kier alpha value is -2.79. The molecule has 0 saturated heterocycles. The summed E-state index contributed by atoms with van der Waals surface area (Å²) in [5.41, 5.74) is 0.155. The lowest BCUT2D eigenvalue weighted by Gasteiger charge is -2.12. The molecule has 116 valence electrons. The number of benzene rings is 2. The van der Waals surface area contributed by atoms with Crippen LogP contribution in [-0.4, -0.2) is 23.2 Å². The van der Waals surface area contributed by atoms with E-state index in [1.165, 1.54) is 7.11 Å². The SMILES string of the molecule is COc1ccccc1-c1[nH]c2cccc(Cl)c2c(=O)c1C(=O)O. The van der Waals surface area contributed by atoms with Gasteiger partial charge in [0.1, 0.15) is 11.3 Å². The molecule has 6 heteroatoms. The van der Waals surface area contributed by atoms with Crippen LogP contribution in [0.2, 0.25) is 5.02 Å². The summed E-state index contributed by atoms with van der Waals surface area (Å²) in [6.07, 6.45) is 0. The Balaban J connectivity index is 2.48. The Morgan fingerprint density at radius 2 is 1.91 bits per heavy atom. The van der Waals surface area contributed by atoms with E-state index in [9.17, 15) is 14.7 Å². The van der Waals surface area contributed by atoms with E-state index >= 15 is 0 Å². The summed E-state index contributed by atoms with van der Waals surface area (Å²) >= 11 is 6.06. The fourth-order valence-corrected chi connectivity index (χ4v) is 2.81. The van der Waals surface area contributed by atoms with Crippen molar-refractivity contribution in [3.05, 3.63) is 63.3 Å². The number of aromatic amines is 1. The number of ether oxygens (including phenoxy) is 1. The molecule has 3 aromatic rings. The molecule has 0 amide bonds. The monoisotopic (exact) mass is 329 g/mol. The van der Waals surface area contributed by atoms with Crippen LogP contribution in [0.4, 0.5) is 0 Å². The number of hydrogen-bond donors (Lipinski definition) is 2. The molecule has 0 fully saturated rings. The van der Waals surface area contributed by atoms with Crippen LogP contribution in [0.5, 0.6) is 5.75 Å². The van der Waals surface area contributed by atoms with Gasteiger partial charge in [0, 0.05) is 5.56 Å². The number of carbonyl (C=O) groups is 1. The number of para-hydroxylation sites is 1. The third-order valence-electron chi connectivity index (χ3n) is 3.57. The quantitative estimate of drug-likeness (QED) is 0.770. The smallest absolute Gasteiger partial charge is 0.341 e. The van der Waals surface area contributed by atoms with Crippen LogP contribution in [0.3, 0.4) is 0 Å². The first-order chi connectivity index (χ1) is 11.0. The molecule has 0 aliphatic heterocycles. The molecule has 0 unspecified atom stereocenters. The minimum Gasteiger partial charge on any atom is -0.496 e. The highest BCUT2D eigenvalue weighted by molar-refractivity contribution is 6.35. The van der Waals surface area contributed by atoms with E-state index in [-0.39, 0.29) is 21.7 Å². The van der Waals surface area contributed by atoms with Crippen molar-refractivity contribution in [2.45, 2.75) is 0 Å². The van der Waals surface area contributed by atoms with Gasteiger partial charge in [0.2, 0.25) is 5.43 Å². The Bertz CT molecular complexity index is 978. The van der Waals surface area contributed by atoms with Gasteiger partial charge in [-0.05, 0) is 24.3 Å². The third-order valence-corrected chi connectivity index (χ3v) is 3.88. The molecule has 2 N–H and O–H groups in total. The number of nitrogens with one attached hydrogen (secondary N) is 1. The molecule has 0 atom stereocenters. The Morgan fingerprint density at radius 3 is 2.61 bits per heavy atom. The maximum Gasteiger partial charge on any atom is 0.341 e. The molecular formula is C17H12ClNO4. The van der Waals surface area contributed by atoms with Crippen LogP contribution >= 0.6 is 11.6 Å². The number of carboxylic acids is 1. The molecule has 2 aromatic carbocycles. The Morgan fingerprint density at radius 1 is 1.17 bits per heavy atom. The van der Waals surface area contributed by atoms with Gasteiger partial charge < -0.3 is 14.8 Å². The lowest BCUT2D eigenvalue weighted by molar-refractivity contribution is 0.0696. The number of fused-ring (bicyclic) bond motifs is 1. The number of aromatic carboxylic acids is 1. The highest BCUT2D eigenvalue weighted by Crippen LogP contribution is 2.31. The van der Waals surface area contributed by atoms with Gasteiger partial charge in [-0.2, -0.15) is 0 Å². The van der Waals surface area contributed by atoms with Crippen LogP contribution < -0.4 is 10.2 Å². The van der Waals surface area contributed by atoms with Crippen molar-refractivity contribution >= 4 is 28.5 Å². The largest absolute Gasteiger partial charge is 0.496 e. The molecule has 0 aliphatic carbocycles. The van der Waals surface area contributed by atoms with E-state index in [0.717, 1.165) is 0 Å². The molecule has 1 aromatic heterocycles. The molecule has 0 bridgehead atoms. The molecule has 0 spiro atoms. The minimum atomic E-state index is -1.33. The highest BCUT2D eigenvalue weighted by atomic mass is 35.5. The van der Waals surface area contributed by atoms with E-state index in [4.69, 9.17) is 16.3 Å². The Kier molecular flexibility index (Phi) is 3.80. The molecule has 23 heavy (non-hydrogen) atoms. The van der Waals surface area contributed by atoms with Gasteiger partial charge in [0.05, 0.1) is 28.7 Å². The van der Waals surface area contributed by atoms with E-state index in [2.05, 4.69) is 4.98 Å². The number of rotatable bonds is 3. The van der Waals surface area contributed by atoms with Gasteiger partial charge >= 0.3 is 5.97 Å². The van der Waals surface area contributed by atoms with Crippen LogP contribution in [-0.2, 0) is 0 Å². The maximum atomic E-state index is 12.7. The second kappa shape index (κ2) is 5.78. The van der Waals surface area contributed by atoms with Crippen molar-refractivity contribution in [3.8, 4) is 17.0 Å². The van der Waals surface area contributed by atoms with Crippen molar-refractivity contribution < 1.29 is 14.6 Å². The molecule has 0 saturated carbocycles. The summed E-state index contributed by atoms with van der Waals surface area (Å²) in [6.45, 7) is 0. The van der Waals surface area contributed by atoms with Gasteiger partial charge in [0.25, 0.3) is 0 Å². The zero-order valence-electron chi connectivity index (χ0n) is 12.1. The van der Waals surface area contributed by atoms with Gasteiger partial charge in [-0.1, -0.05) is 29.8 Å². The number of methoxy groups -OCH3 is 1. The van der Waals surface area contributed by atoms with Crippen molar-refractivity contribution in [3.63, 3.8) is 0 Å². The predicted octanol–water partition coefficient (Wildman–Crippen LogP) is 3.56. The highest BCUT2D eigenvalue weighted by Gasteiger charge is 2.22. The van der Waals surface area contributed by atoms with Crippen molar-refractivity contribution in [2.75, 3.05) is 7.11 Å². The lowest BCUT2D eigenvalue weighted by Crippen LogP contribution is -2.18. The number of pyridine rings is 1. The van der Waals surface area contributed by atoms with Gasteiger partial charge in [-0.15, -0.1) is 0 Å². The Labute approximate surface area is 136 Å². The summed E-state index contributed by atoms with van der Waals surface area (Å²) < 4.78 is 5.27. The fourth-order valence-electron chi connectivity index (χ4n) is 2.55. The number of halogens is 1. The average molecular weight is 330 g/mol. The first-order valence-electron chi connectivity index (χ1n) is 6.75. The summed E-state index contributed by atoms with van der Waals surface area (Å²) in [5, 5.41) is 9.88. The number of aromatic nitrogens is 1. The lowest BCUT2D eigenvalue weighted by atomic mass is 10.0. The third kappa shape index (κ3) is 2.45. The van der Waals surface area contributed by atoms with E-state index in [1.807, 2.05) is 0 Å². The number of hydrogen-bond acceptors (Lipinski definition) is 3. The second-order valence-electron chi connectivity index (χ2n) is 4.87. The predicted molar refractivity (Wildman–Crippen MR) is 88.5 cm³/mol.